The van der Waals surface area contributed by atoms with Gasteiger partial charge in [0.15, 0.2) is 0 Å². The van der Waals surface area contributed by atoms with Crippen LogP contribution in [0.1, 0.15) is 0 Å². The molecule has 0 fully saturated rings. The van der Waals surface area contributed by atoms with Crippen LogP contribution >= 0.6 is 0 Å². The zero-order valence-electron chi connectivity index (χ0n) is 15.2. The van der Waals surface area contributed by atoms with Gasteiger partial charge in [-0.1, -0.05) is 71.8 Å². The van der Waals surface area contributed by atoms with Gasteiger partial charge in [0.1, 0.15) is 0 Å². The largest absolute Gasteiger partial charge is 1.00 e. The molecule has 0 bridgehead atoms. The van der Waals surface area contributed by atoms with Gasteiger partial charge in [-0.15, -0.1) is 17.7 Å². The first-order chi connectivity index (χ1) is 11.9. The standard InChI is InChI=1S/C24H16.2Li/c1-4-10-19(11-5-1)22-16-23(20-12-6-2-7-13-20)18-24(17-22)21-14-8-3-9-15-21;;/h1-14,16-17H;;/q-2;2*+1. The van der Waals surface area contributed by atoms with E-state index in [2.05, 4.69) is 78.9 Å². The Hall–Kier alpha value is -1.93. The van der Waals surface area contributed by atoms with Crippen molar-refractivity contribution in [1.29, 1.82) is 0 Å². The molecular weight excluding hydrogens is 302 g/mol. The van der Waals surface area contributed by atoms with Crippen molar-refractivity contribution in [3.63, 3.8) is 0 Å². The van der Waals surface area contributed by atoms with Crippen LogP contribution in [0.4, 0.5) is 0 Å². The average Bonchev–Trinajstić information content (AvgIpc) is 2.70. The second-order valence-electron chi connectivity index (χ2n) is 5.70. The van der Waals surface area contributed by atoms with Crippen molar-refractivity contribution in [2.45, 2.75) is 0 Å². The zero-order valence-corrected chi connectivity index (χ0v) is 15.2. The smallest absolute Gasteiger partial charge is 0.209 e. The van der Waals surface area contributed by atoms with E-state index >= 15 is 0 Å². The van der Waals surface area contributed by atoms with Crippen LogP contribution in [-0.2, 0) is 0 Å². The van der Waals surface area contributed by atoms with Crippen molar-refractivity contribution in [2.75, 3.05) is 0 Å². The molecule has 4 aromatic rings. The first kappa shape index (κ1) is 20.4. The van der Waals surface area contributed by atoms with Crippen molar-refractivity contribution in [2.24, 2.45) is 0 Å². The predicted molar refractivity (Wildman–Crippen MR) is 100 cm³/mol. The minimum absolute atomic E-state index is 0. The van der Waals surface area contributed by atoms with Crippen LogP contribution in [0.5, 0.6) is 0 Å². The summed E-state index contributed by atoms with van der Waals surface area (Å²) in [6, 6.07) is 40.2. The topological polar surface area (TPSA) is 0 Å². The summed E-state index contributed by atoms with van der Waals surface area (Å²) in [6.07, 6.45) is 0. The molecule has 26 heavy (non-hydrogen) atoms. The maximum absolute atomic E-state index is 3.56. The van der Waals surface area contributed by atoms with Crippen molar-refractivity contribution < 1.29 is 37.7 Å². The van der Waals surface area contributed by atoms with Crippen LogP contribution in [-0.4, -0.2) is 0 Å². The number of hydrogen-bond acceptors (Lipinski definition) is 0. The molecule has 0 N–H and O–H groups in total. The van der Waals surface area contributed by atoms with Gasteiger partial charge in [-0.3, -0.25) is 0 Å². The van der Waals surface area contributed by atoms with E-state index in [1.807, 2.05) is 30.3 Å². The zero-order chi connectivity index (χ0) is 16.2. The monoisotopic (exact) mass is 318 g/mol. The Kier molecular flexibility index (Phi) is 7.59. The van der Waals surface area contributed by atoms with E-state index in [9.17, 15) is 0 Å². The van der Waals surface area contributed by atoms with Gasteiger partial charge in [0.05, 0.1) is 0 Å². The number of rotatable bonds is 3. The molecule has 4 aromatic carbocycles. The molecule has 114 valence electrons. The first-order valence-electron chi connectivity index (χ1n) is 8.05. The molecule has 0 saturated heterocycles. The van der Waals surface area contributed by atoms with Crippen molar-refractivity contribution in [3.8, 4) is 33.4 Å². The van der Waals surface area contributed by atoms with E-state index in [1.165, 1.54) is 16.7 Å². The summed E-state index contributed by atoms with van der Waals surface area (Å²) in [5.74, 6) is 0. The Morgan fingerprint density at radius 3 is 1.65 bits per heavy atom. The second-order valence-corrected chi connectivity index (χ2v) is 5.70. The van der Waals surface area contributed by atoms with Crippen LogP contribution < -0.4 is 37.7 Å². The third kappa shape index (κ3) is 4.62. The van der Waals surface area contributed by atoms with Crippen molar-refractivity contribution in [3.05, 3.63) is 109 Å². The molecule has 0 aromatic heterocycles. The van der Waals surface area contributed by atoms with E-state index in [-0.39, 0.29) is 37.7 Å². The molecule has 0 atom stereocenters. The molecule has 0 saturated carbocycles. The predicted octanol–water partition coefficient (Wildman–Crippen LogP) is 0.296. The van der Waals surface area contributed by atoms with Gasteiger partial charge >= 0.3 is 37.7 Å². The minimum atomic E-state index is 0. The summed E-state index contributed by atoms with van der Waals surface area (Å²) in [5, 5.41) is 0. The normalized spacial score (nSPS) is 9.69. The molecule has 0 radical (unpaired) electrons. The first-order valence-corrected chi connectivity index (χ1v) is 8.05. The third-order valence-electron chi connectivity index (χ3n) is 4.06. The fraction of sp³-hybridized carbons (Fsp3) is 0. The van der Waals surface area contributed by atoms with E-state index in [4.69, 9.17) is 0 Å². The minimum Gasteiger partial charge on any atom is -0.209 e. The molecule has 0 nitrogen and oxygen atoms in total. The Morgan fingerprint density at radius 1 is 0.462 bits per heavy atom. The molecule has 0 aliphatic heterocycles. The number of hydrogen-bond donors (Lipinski definition) is 0. The van der Waals surface area contributed by atoms with Crippen molar-refractivity contribution >= 4 is 0 Å². The molecule has 0 aliphatic rings. The molecule has 0 amide bonds. The summed E-state index contributed by atoms with van der Waals surface area (Å²) in [6.45, 7) is 0. The maximum atomic E-state index is 3.56. The fourth-order valence-electron chi connectivity index (χ4n) is 2.85. The molecule has 4 rings (SSSR count). The van der Waals surface area contributed by atoms with Crippen LogP contribution in [0.25, 0.3) is 33.4 Å². The quantitative estimate of drug-likeness (QED) is 0.376. The summed E-state index contributed by atoms with van der Waals surface area (Å²) in [7, 11) is 0. The fourth-order valence-corrected chi connectivity index (χ4v) is 2.85. The molecule has 0 spiro atoms. The van der Waals surface area contributed by atoms with E-state index < -0.39 is 0 Å². The second kappa shape index (κ2) is 9.68. The summed E-state index contributed by atoms with van der Waals surface area (Å²) >= 11 is 0. The molecular formula is C24H16Li2. The van der Waals surface area contributed by atoms with Crippen LogP contribution in [0.15, 0.2) is 97.1 Å². The van der Waals surface area contributed by atoms with Gasteiger partial charge in [-0.05, 0) is 5.56 Å². The summed E-state index contributed by atoms with van der Waals surface area (Å²) in [4.78, 5) is 0. The van der Waals surface area contributed by atoms with Crippen LogP contribution in [0.2, 0.25) is 0 Å². The van der Waals surface area contributed by atoms with Crippen LogP contribution in [0, 0.1) is 12.1 Å². The Bertz CT molecular complexity index is 794. The van der Waals surface area contributed by atoms with E-state index in [1.54, 1.807) is 0 Å². The van der Waals surface area contributed by atoms with Gasteiger partial charge < -0.3 is 0 Å². The third-order valence-corrected chi connectivity index (χ3v) is 4.06. The van der Waals surface area contributed by atoms with E-state index in [0.717, 1.165) is 16.7 Å². The summed E-state index contributed by atoms with van der Waals surface area (Å²) in [5.41, 5.74) is 6.81. The number of benzene rings is 4. The Balaban J connectivity index is 0.00000121. The van der Waals surface area contributed by atoms with Crippen LogP contribution in [0.3, 0.4) is 0 Å². The average molecular weight is 318 g/mol. The maximum Gasteiger partial charge on any atom is 1.00 e. The molecule has 0 aliphatic carbocycles. The van der Waals surface area contributed by atoms with Gasteiger partial charge in [-0.25, -0.2) is 5.56 Å². The van der Waals surface area contributed by atoms with Gasteiger partial charge in [0, 0.05) is 0 Å². The van der Waals surface area contributed by atoms with Gasteiger partial charge in [0.2, 0.25) is 0 Å². The Morgan fingerprint density at radius 2 is 1.04 bits per heavy atom. The van der Waals surface area contributed by atoms with Gasteiger partial charge in [-0.2, -0.15) is 42.0 Å². The molecule has 0 heterocycles. The van der Waals surface area contributed by atoms with E-state index in [0.29, 0.717) is 0 Å². The van der Waals surface area contributed by atoms with Gasteiger partial charge in [0.25, 0.3) is 0 Å². The molecule has 0 unspecified atom stereocenters. The van der Waals surface area contributed by atoms with Crippen molar-refractivity contribution in [1.82, 2.24) is 0 Å². The SMILES string of the molecule is [Li+].[Li+].[c-]1ccccc1-c1[c-]c(-c2ccccc2)cc(-c2ccccc2)c1. The Labute approximate surface area is 179 Å². The molecule has 2 heteroatoms. The summed E-state index contributed by atoms with van der Waals surface area (Å²) < 4.78 is 0.